The van der Waals surface area contributed by atoms with Crippen LogP contribution in [0.3, 0.4) is 0 Å². The van der Waals surface area contributed by atoms with E-state index in [4.69, 9.17) is 4.74 Å². The maximum absolute atomic E-state index is 5.18. The first-order chi connectivity index (χ1) is 12.1. The molecular formula is C19H28N4OS. The number of nitrogens with zero attached hydrogens (tertiary/aromatic N) is 2. The van der Waals surface area contributed by atoms with Gasteiger partial charge in [-0.2, -0.15) is 0 Å². The number of hydrogen-bond donors (Lipinski definition) is 2. The van der Waals surface area contributed by atoms with E-state index in [0.717, 1.165) is 54.8 Å². The quantitative estimate of drug-likeness (QED) is 0.430. The Bertz CT molecular complexity index is 679. The zero-order valence-electron chi connectivity index (χ0n) is 15.6. The van der Waals surface area contributed by atoms with Crippen LogP contribution in [0, 0.1) is 13.8 Å². The SMILES string of the molecule is CN=C(NCCCCc1ccc(OC)cc1)NCc1sc(C)nc1C. The summed E-state index contributed by atoms with van der Waals surface area (Å²) in [5, 5.41) is 7.84. The minimum atomic E-state index is 0.767. The van der Waals surface area contributed by atoms with Gasteiger partial charge in [0.2, 0.25) is 0 Å². The van der Waals surface area contributed by atoms with Crippen molar-refractivity contribution in [2.75, 3.05) is 20.7 Å². The highest BCUT2D eigenvalue weighted by atomic mass is 32.1. The van der Waals surface area contributed by atoms with Crippen molar-refractivity contribution in [3.63, 3.8) is 0 Å². The molecule has 0 unspecified atom stereocenters. The smallest absolute Gasteiger partial charge is 0.191 e. The first-order valence-electron chi connectivity index (χ1n) is 8.62. The summed E-state index contributed by atoms with van der Waals surface area (Å²) in [5.74, 6) is 1.75. The van der Waals surface area contributed by atoms with Crippen molar-refractivity contribution in [1.82, 2.24) is 15.6 Å². The number of aromatic nitrogens is 1. The number of benzene rings is 1. The van der Waals surface area contributed by atoms with Gasteiger partial charge in [0.25, 0.3) is 0 Å². The van der Waals surface area contributed by atoms with Crippen molar-refractivity contribution in [2.24, 2.45) is 4.99 Å². The van der Waals surface area contributed by atoms with Crippen molar-refractivity contribution < 1.29 is 4.74 Å². The second-order valence-corrected chi connectivity index (χ2v) is 7.19. The predicted octanol–water partition coefficient (Wildman–Crippen LogP) is 3.46. The molecule has 0 aliphatic rings. The highest BCUT2D eigenvalue weighted by Gasteiger charge is 2.05. The van der Waals surface area contributed by atoms with E-state index >= 15 is 0 Å². The van der Waals surface area contributed by atoms with Gasteiger partial charge in [0.15, 0.2) is 5.96 Å². The van der Waals surface area contributed by atoms with Crippen LogP contribution in [0.1, 0.15) is 34.0 Å². The van der Waals surface area contributed by atoms with Gasteiger partial charge in [-0.05, 0) is 50.8 Å². The molecule has 6 heteroatoms. The molecule has 0 aliphatic carbocycles. The molecule has 25 heavy (non-hydrogen) atoms. The second kappa shape index (κ2) is 10.0. The zero-order chi connectivity index (χ0) is 18.1. The van der Waals surface area contributed by atoms with E-state index in [1.165, 1.54) is 10.4 Å². The van der Waals surface area contributed by atoms with Crippen molar-refractivity contribution in [1.29, 1.82) is 0 Å². The number of unbranched alkanes of at least 4 members (excludes halogenated alkanes) is 1. The molecule has 1 aromatic heterocycles. The number of methoxy groups -OCH3 is 1. The lowest BCUT2D eigenvalue weighted by molar-refractivity contribution is 0.414. The third-order valence-corrected chi connectivity index (χ3v) is 5.06. The lowest BCUT2D eigenvalue weighted by Crippen LogP contribution is -2.37. The van der Waals surface area contributed by atoms with Gasteiger partial charge in [-0.25, -0.2) is 4.98 Å². The molecule has 5 nitrogen and oxygen atoms in total. The average molecular weight is 361 g/mol. The zero-order valence-corrected chi connectivity index (χ0v) is 16.4. The van der Waals surface area contributed by atoms with Crippen LogP contribution in [-0.2, 0) is 13.0 Å². The van der Waals surface area contributed by atoms with Gasteiger partial charge in [-0.1, -0.05) is 12.1 Å². The first-order valence-corrected chi connectivity index (χ1v) is 9.44. The molecule has 0 bridgehead atoms. The lowest BCUT2D eigenvalue weighted by Gasteiger charge is -2.11. The van der Waals surface area contributed by atoms with Crippen molar-refractivity contribution in [2.45, 2.75) is 39.7 Å². The van der Waals surface area contributed by atoms with E-state index in [9.17, 15) is 0 Å². The summed E-state index contributed by atoms with van der Waals surface area (Å²) in [7, 11) is 3.50. The van der Waals surface area contributed by atoms with Gasteiger partial charge in [-0.3, -0.25) is 4.99 Å². The molecule has 0 amide bonds. The van der Waals surface area contributed by atoms with Crippen molar-refractivity contribution in [3.05, 3.63) is 45.4 Å². The van der Waals surface area contributed by atoms with Crippen LogP contribution >= 0.6 is 11.3 Å². The normalized spacial score (nSPS) is 11.4. The minimum Gasteiger partial charge on any atom is -0.497 e. The molecular weight excluding hydrogens is 332 g/mol. The maximum Gasteiger partial charge on any atom is 0.191 e. The highest BCUT2D eigenvalue weighted by molar-refractivity contribution is 7.11. The molecule has 0 radical (unpaired) electrons. The van der Waals surface area contributed by atoms with Gasteiger partial charge in [0.05, 0.1) is 24.4 Å². The number of ether oxygens (including phenoxy) is 1. The largest absolute Gasteiger partial charge is 0.497 e. The van der Waals surface area contributed by atoms with E-state index in [1.54, 1.807) is 25.5 Å². The molecule has 0 fully saturated rings. The Hall–Kier alpha value is -2.08. The summed E-state index contributed by atoms with van der Waals surface area (Å²) in [5.41, 5.74) is 2.45. The fraction of sp³-hybridized carbons (Fsp3) is 0.474. The number of rotatable bonds is 8. The van der Waals surface area contributed by atoms with Gasteiger partial charge in [0, 0.05) is 18.5 Å². The van der Waals surface area contributed by atoms with E-state index in [2.05, 4.69) is 39.7 Å². The van der Waals surface area contributed by atoms with Crippen LogP contribution in [0.2, 0.25) is 0 Å². The van der Waals surface area contributed by atoms with Crippen LogP contribution < -0.4 is 15.4 Å². The average Bonchev–Trinajstić information content (AvgIpc) is 2.95. The fourth-order valence-corrected chi connectivity index (χ4v) is 3.45. The van der Waals surface area contributed by atoms with Crippen LogP contribution in [0.4, 0.5) is 0 Å². The number of aryl methyl sites for hydroxylation is 3. The molecule has 1 aromatic carbocycles. The molecule has 1 heterocycles. The molecule has 0 spiro atoms. The molecule has 2 N–H and O–H groups in total. The van der Waals surface area contributed by atoms with Crippen LogP contribution in [0.15, 0.2) is 29.3 Å². The lowest BCUT2D eigenvalue weighted by atomic mass is 10.1. The highest BCUT2D eigenvalue weighted by Crippen LogP contribution is 2.16. The summed E-state index contributed by atoms with van der Waals surface area (Å²) in [6.45, 7) is 5.77. The van der Waals surface area contributed by atoms with Gasteiger partial charge in [0.1, 0.15) is 5.75 Å². The Morgan fingerprint density at radius 2 is 1.92 bits per heavy atom. The van der Waals surface area contributed by atoms with Crippen molar-refractivity contribution >= 4 is 17.3 Å². The minimum absolute atomic E-state index is 0.767. The first kappa shape index (κ1) is 19.2. The molecule has 0 atom stereocenters. The summed E-state index contributed by atoms with van der Waals surface area (Å²) in [4.78, 5) is 9.99. The number of guanidine groups is 1. The molecule has 0 aliphatic heterocycles. The topological polar surface area (TPSA) is 58.5 Å². The molecule has 2 rings (SSSR count). The third kappa shape index (κ3) is 6.38. The van der Waals surface area contributed by atoms with E-state index in [0.29, 0.717) is 0 Å². The summed E-state index contributed by atoms with van der Waals surface area (Å²) in [6.07, 6.45) is 3.33. The third-order valence-electron chi connectivity index (χ3n) is 3.98. The number of hydrogen-bond acceptors (Lipinski definition) is 4. The Morgan fingerprint density at radius 3 is 2.52 bits per heavy atom. The van der Waals surface area contributed by atoms with E-state index in [1.807, 2.05) is 19.1 Å². The van der Waals surface area contributed by atoms with E-state index in [-0.39, 0.29) is 0 Å². The molecule has 0 saturated heterocycles. The Morgan fingerprint density at radius 1 is 1.16 bits per heavy atom. The van der Waals surface area contributed by atoms with Gasteiger partial charge >= 0.3 is 0 Å². The molecule has 2 aromatic rings. The van der Waals surface area contributed by atoms with Crippen molar-refractivity contribution in [3.8, 4) is 5.75 Å². The van der Waals surface area contributed by atoms with E-state index < -0.39 is 0 Å². The molecule has 0 saturated carbocycles. The van der Waals surface area contributed by atoms with Gasteiger partial charge < -0.3 is 15.4 Å². The summed E-state index contributed by atoms with van der Waals surface area (Å²) >= 11 is 1.73. The second-order valence-electron chi connectivity index (χ2n) is 5.90. The summed E-state index contributed by atoms with van der Waals surface area (Å²) in [6, 6.07) is 8.29. The van der Waals surface area contributed by atoms with Crippen LogP contribution in [0.25, 0.3) is 0 Å². The Balaban J connectivity index is 1.64. The number of nitrogens with one attached hydrogen (secondary N) is 2. The van der Waals surface area contributed by atoms with Crippen LogP contribution in [0.5, 0.6) is 5.75 Å². The molecule has 136 valence electrons. The maximum atomic E-state index is 5.18. The Labute approximate surface area is 154 Å². The standard InChI is InChI=1S/C19H28N4OS/c1-14-18(25-15(2)23-14)13-22-19(20-3)21-12-6-5-7-16-8-10-17(24-4)11-9-16/h8-11H,5-7,12-13H2,1-4H3,(H2,20,21,22). The summed E-state index contributed by atoms with van der Waals surface area (Å²) < 4.78 is 5.18. The Kier molecular flexibility index (Phi) is 7.73. The van der Waals surface area contributed by atoms with Gasteiger partial charge in [-0.15, -0.1) is 11.3 Å². The predicted molar refractivity (Wildman–Crippen MR) is 106 cm³/mol. The fourth-order valence-electron chi connectivity index (χ4n) is 2.58. The monoisotopic (exact) mass is 360 g/mol. The van der Waals surface area contributed by atoms with Crippen LogP contribution in [-0.4, -0.2) is 31.6 Å². The number of thiazole rings is 1. The number of aliphatic imine (C=N–C) groups is 1.